The Kier molecular flexibility index (Phi) is 3.70. The first-order chi connectivity index (χ1) is 11.5. The van der Waals surface area contributed by atoms with Gasteiger partial charge < -0.3 is 15.5 Å². The maximum Gasteiger partial charge on any atom is 0.286 e. The number of carbonyl (C=O) groups is 2. The van der Waals surface area contributed by atoms with Gasteiger partial charge in [-0.05, 0) is 18.2 Å². The summed E-state index contributed by atoms with van der Waals surface area (Å²) in [4.78, 5) is 34.1. The number of nitro groups is 1. The molecule has 0 radical (unpaired) electrons. The first-order valence-corrected chi connectivity index (χ1v) is 6.84. The van der Waals surface area contributed by atoms with Crippen molar-refractivity contribution >= 4 is 34.2 Å². The SMILES string of the molecule is NC(=O)c1oc2ccccc2c1NC(=O)c1cccc([N+](=O)[O-])c1. The van der Waals surface area contributed by atoms with Crippen molar-refractivity contribution in [3.8, 4) is 0 Å². The average molecular weight is 325 g/mol. The molecule has 0 aliphatic carbocycles. The first kappa shape index (κ1) is 15.2. The molecule has 2 amide bonds. The van der Waals surface area contributed by atoms with E-state index in [9.17, 15) is 19.7 Å². The fraction of sp³-hybridized carbons (Fsp3) is 0. The van der Waals surface area contributed by atoms with E-state index < -0.39 is 16.7 Å². The van der Waals surface area contributed by atoms with Crippen LogP contribution in [0, 0.1) is 10.1 Å². The van der Waals surface area contributed by atoms with Gasteiger partial charge in [-0.25, -0.2) is 0 Å². The number of para-hydroxylation sites is 1. The van der Waals surface area contributed by atoms with Crippen LogP contribution in [0.1, 0.15) is 20.9 Å². The molecule has 0 saturated heterocycles. The molecule has 3 rings (SSSR count). The number of hydrogen-bond acceptors (Lipinski definition) is 5. The predicted octanol–water partition coefficient (Wildman–Crippen LogP) is 2.69. The summed E-state index contributed by atoms with van der Waals surface area (Å²) >= 11 is 0. The van der Waals surface area contributed by atoms with E-state index in [1.54, 1.807) is 24.3 Å². The summed E-state index contributed by atoms with van der Waals surface area (Å²) in [6, 6.07) is 12.0. The molecule has 3 N–H and O–H groups in total. The molecule has 0 atom stereocenters. The van der Waals surface area contributed by atoms with E-state index in [-0.39, 0.29) is 22.7 Å². The van der Waals surface area contributed by atoms with Gasteiger partial charge in [0, 0.05) is 23.1 Å². The number of primary amides is 1. The fourth-order valence-electron chi connectivity index (χ4n) is 2.29. The van der Waals surface area contributed by atoms with Crippen LogP contribution < -0.4 is 11.1 Å². The maximum atomic E-state index is 12.4. The first-order valence-electron chi connectivity index (χ1n) is 6.84. The summed E-state index contributed by atoms with van der Waals surface area (Å²) in [5, 5.41) is 13.9. The van der Waals surface area contributed by atoms with E-state index in [4.69, 9.17) is 10.2 Å². The molecule has 0 aliphatic heterocycles. The summed E-state index contributed by atoms with van der Waals surface area (Å²) in [6.45, 7) is 0. The number of rotatable bonds is 4. The number of nitrogens with two attached hydrogens (primary N) is 1. The lowest BCUT2D eigenvalue weighted by atomic mass is 10.1. The topological polar surface area (TPSA) is 128 Å². The van der Waals surface area contributed by atoms with Crippen LogP contribution in [0.25, 0.3) is 11.0 Å². The highest BCUT2D eigenvalue weighted by Gasteiger charge is 2.21. The monoisotopic (exact) mass is 325 g/mol. The van der Waals surface area contributed by atoms with E-state index in [0.29, 0.717) is 11.0 Å². The minimum atomic E-state index is -0.833. The summed E-state index contributed by atoms with van der Waals surface area (Å²) in [7, 11) is 0. The predicted molar refractivity (Wildman–Crippen MR) is 85.8 cm³/mol. The summed E-state index contributed by atoms with van der Waals surface area (Å²) < 4.78 is 5.36. The lowest BCUT2D eigenvalue weighted by molar-refractivity contribution is -0.384. The molecule has 1 heterocycles. The zero-order valence-corrected chi connectivity index (χ0v) is 12.2. The maximum absolute atomic E-state index is 12.4. The Morgan fingerprint density at radius 2 is 1.88 bits per heavy atom. The number of carbonyl (C=O) groups excluding carboxylic acids is 2. The van der Waals surface area contributed by atoms with E-state index in [1.165, 1.54) is 18.2 Å². The highest BCUT2D eigenvalue weighted by atomic mass is 16.6. The molecule has 1 aromatic heterocycles. The molecule has 0 bridgehead atoms. The molecule has 0 saturated carbocycles. The van der Waals surface area contributed by atoms with Crippen LogP contribution in [0.4, 0.5) is 11.4 Å². The van der Waals surface area contributed by atoms with Crippen molar-refractivity contribution in [1.29, 1.82) is 0 Å². The Labute approximate surface area is 135 Å². The molecule has 8 heteroatoms. The van der Waals surface area contributed by atoms with Crippen LogP contribution in [-0.2, 0) is 0 Å². The quantitative estimate of drug-likeness (QED) is 0.563. The largest absolute Gasteiger partial charge is 0.449 e. The number of non-ortho nitro benzene ring substituents is 1. The lowest BCUT2D eigenvalue weighted by Crippen LogP contribution is -2.17. The summed E-state index contributed by atoms with van der Waals surface area (Å²) in [5.41, 5.74) is 5.67. The van der Waals surface area contributed by atoms with Crippen molar-refractivity contribution < 1.29 is 18.9 Å². The van der Waals surface area contributed by atoms with Crippen LogP contribution in [0.3, 0.4) is 0 Å². The van der Waals surface area contributed by atoms with Crippen molar-refractivity contribution in [3.05, 3.63) is 70.0 Å². The van der Waals surface area contributed by atoms with Gasteiger partial charge in [0.1, 0.15) is 11.3 Å². The molecule has 120 valence electrons. The van der Waals surface area contributed by atoms with Gasteiger partial charge in [0.05, 0.1) is 4.92 Å². The molecule has 2 aromatic carbocycles. The third kappa shape index (κ3) is 2.68. The Morgan fingerprint density at radius 3 is 2.58 bits per heavy atom. The van der Waals surface area contributed by atoms with Crippen LogP contribution in [0.5, 0.6) is 0 Å². The number of benzene rings is 2. The van der Waals surface area contributed by atoms with Gasteiger partial charge in [0.2, 0.25) is 5.76 Å². The van der Waals surface area contributed by atoms with E-state index in [1.807, 2.05) is 0 Å². The molecule has 8 nitrogen and oxygen atoms in total. The Balaban J connectivity index is 2.02. The Hall–Kier alpha value is -3.68. The number of nitrogens with one attached hydrogen (secondary N) is 1. The standard InChI is InChI=1S/C16H11N3O5/c17-15(20)14-13(11-6-1-2-7-12(11)24-14)18-16(21)9-4-3-5-10(8-9)19(22)23/h1-8H,(H2,17,20)(H,18,21). The number of fused-ring (bicyclic) bond motifs is 1. The van der Waals surface area contributed by atoms with Gasteiger partial charge in [-0.3, -0.25) is 19.7 Å². The molecule has 0 aliphatic rings. The molecule has 0 unspecified atom stereocenters. The van der Waals surface area contributed by atoms with Gasteiger partial charge in [0.25, 0.3) is 17.5 Å². The second-order valence-electron chi connectivity index (χ2n) is 4.93. The third-order valence-electron chi connectivity index (χ3n) is 3.38. The third-order valence-corrected chi connectivity index (χ3v) is 3.38. The molecular weight excluding hydrogens is 314 g/mol. The van der Waals surface area contributed by atoms with Crippen LogP contribution >= 0.6 is 0 Å². The fourth-order valence-corrected chi connectivity index (χ4v) is 2.29. The second kappa shape index (κ2) is 5.84. The van der Waals surface area contributed by atoms with Crippen molar-refractivity contribution in [2.24, 2.45) is 5.73 Å². The number of amides is 2. The van der Waals surface area contributed by atoms with Gasteiger partial charge in [-0.15, -0.1) is 0 Å². The van der Waals surface area contributed by atoms with Crippen molar-refractivity contribution in [3.63, 3.8) is 0 Å². The molecule has 24 heavy (non-hydrogen) atoms. The number of anilines is 1. The number of nitro benzene ring substituents is 1. The van der Waals surface area contributed by atoms with Gasteiger partial charge in [-0.1, -0.05) is 18.2 Å². The highest BCUT2D eigenvalue weighted by molar-refractivity contribution is 6.14. The number of furan rings is 1. The van der Waals surface area contributed by atoms with E-state index in [2.05, 4.69) is 5.32 Å². The average Bonchev–Trinajstić information content (AvgIpc) is 2.94. The van der Waals surface area contributed by atoms with Crippen molar-refractivity contribution in [2.75, 3.05) is 5.32 Å². The van der Waals surface area contributed by atoms with Crippen molar-refractivity contribution in [2.45, 2.75) is 0 Å². The number of nitrogens with zero attached hydrogens (tertiary/aromatic N) is 1. The van der Waals surface area contributed by atoms with E-state index in [0.717, 1.165) is 6.07 Å². The van der Waals surface area contributed by atoms with Gasteiger partial charge in [0.15, 0.2) is 0 Å². The molecule has 0 fully saturated rings. The minimum absolute atomic E-state index is 0.0740. The van der Waals surface area contributed by atoms with Gasteiger partial charge in [-0.2, -0.15) is 0 Å². The zero-order chi connectivity index (χ0) is 17.3. The normalized spacial score (nSPS) is 10.5. The summed E-state index contributed by atoms with van der Waals surface area (Å²) in [5.74, 6) is -1.64. The van der Waals surface area contributed by atoms with Crippen LogP contribution in [-0.4, -0.2) is 16.7 Å². The Bertz CT molecular complexity index is 977. The number of hydrogen-bond donors (Lipinski definition) is 2. The highest BCUT2D eigenvalue weighted by Crippen LogP contribution is 2.31. The molecule has 3 aromatic rings. The lowest BCUT2D eigenvalue weighted by Gasteiger charge is -2.05. The van der Waals surface area contributed by atoms with Gasteiger partial charge >= 0.3 is 0 Å². The molecular formula is C16H11N3O5. The second-order valence-corrected chi connectivity index (χ2v) is 4.93. The molecule has 0 spiro atoms. The van der Waals surface area contributed by atoms with Crippen LogP contribution in [0.15, 0.2) is 52.9 Å². The van der Waals surface area contributed by atoms with E-state index >= 15 is 0 Å². The minimum Gasteiger partial charge on any atom is -0.449 e. The zero-order valence-electron chi connectivity index (χ0n) is 12.2. The summed E-state index contributed by atoms with van der Waals surface area (Å²) in [6.07, 6.45) is 0. The van der Waals surface area contributed by atoms with Crippen LogP contribution in [0.2, 0.25) is 0 Å². The smallest absolute Gasteiger partial charge is 0.286 e. The van der Waals surface area contributed by atoms with Crippen molar-refractivity contribution in [1.82, 2.24) is 0 Å². The Morgan fingerprint density at radius 1 is 1.12 bits per heavy atom.